The summed E-state index contributed by atoms with van der Waals surface area (Å²) in [6, 6.07) is 3.28. The normalized spacial score (nSPS) is 19.1. The van der Waals surface area contributed by atoms with Gasteiger partial charge in [-0.1, -0.05) is 43.9 Å². The summed E-state index contributed by atoms with van der Waals surface area (Å²) >= 11 is 0. The average Bonchev–Trinajstić information content (AvgIpc) is 2.76. The number of allylic oxidation sites excluding steroid dienone is 6. The fourth-order valence-electron chi connectivity index (χ4n) is 3.34. The number of rotatable bonds is 6. The molecule has 1 amide bonds. The van der Waals surface area contributed by atoms with Crippen molar-refractivity contribution in [1.82, 2.24) is 0 Å². The topological polar surface area (TPSA) is 67.8 Å². The number of carbonyl (C=O) groups excluding carboxylic acids is 1. The molecule has 36 heavy (non-hydrogen) atoms. The molecule has 2 N–H and O–H groups in total. The van der Waals surface area contributed by atoms with Gasteiger partial charge in [0.15, 0.2) is 5.84 Å². The van der Waals surface area contributed by atoms with Crippen LogP contribution in [0.5, 0.6) is 0 Å². The van der Waals surface area contributed by atoms with Gasteiger partial charge in [-0.25, -0.2) is 4.99 Å². The van der Waals surface area contributed by atoms with Crippen molar-refractivity contribution < 1.29 is 31.1 Å². The van der Waals surface area contributed by atoms with Gasteiger partial charge < -0.3 is 5.73 Å². The smallest absolute Gasteiger partial charge is 0.366 e. The Bertz CT molecular complexity index is 1180. The molecule has 4 nitrogen and oxygen atoms in total. The van der Waals surface area contributed by atoms with E-state index in [-0.39, 0.29) is 41.0 Å². The summed E-state index contributed by atoms with van der Waals surface area (Å²) in [5.74, 6) is -1.59. The number of carbonyl (C=O) groups is 1. The Hall–Kier alpha value is -3.69. The number of benzene rings is 1. The highest BCUT2D eigenvalue weighted by atomic mass is 19.4. The van der Waals surface area contributed by atoms with Crippen LogP contribution in [0.1, 0.15) is 36.5 Å². The van der Waals surface area contributed by atoms with Crippen LogP contribution in [0.2, 0.25) is 0 Å². The molecular formula is C26H25F6N3O. The zero-order valence-electron chi connectivity index (χ0n) is 19.6. The van der Waals surface area contributed by atoms with Gasteiger partial charge in [0, 0.05) is 35.9 Å². The second kappa shape index (κ2) is 11.8. The highest BCUT2D eigenvalue weighted by molar-refractivity contribution is 6.04. The lowest BCUT2D eigenvalue weighted by Crippen LogP contribution is -2.18. The molecule has 2 rings (SSSR count). The first kappa shape index (κ1) is 28.5. The number of hydrogen-bond donors (Lipinski definition) is 1. The van der Waals surface area contributed by atoms with E-state index in [1.54, 1.807) is 19.1 Å². The first-order valence-corrected chi connectivity index (χ1v) is 10.8. The molecule has 0 radical (unpaired) electrons. The van der Waals surface area contributed by atoms with Crippen molar-refractivity contribution in [1.29, 1.82) is 0 Å². The van der Waals surface area contributed by atoms with Crippen LogP contribution in [-0.2, 0) is 11.0 Å². The molecule has 0 saturated heterocycles. The Kier molecular flexibility index (Phi) is 9.38. The second-order valence-electron chi connectivity index (χ2n) is 7.93. The SMILES string of the molecule is C=Cc1cc(C(N=CC(C)\C=C(C(N)=O)/C2=C/C=C\CCC(C(F)(F)F)=C2)=NC)cc(C(F)(F)F)c1. The molecule has 0 bridgehead atoms. The van der Waals surface area contributed by atoms with Crippen molar-refractivity contribution in [2.24, 2.45) is 21.6 Å². The van der Waals surface area contributed by atoms with E-state index in [4.69, 9.17) is 5.73 Å². The maximum absolute atomic E-state index is 13.4. The highest BCUT2D eigenvalue weighted by Crippen LogP contribution is 2.33. The van der Waals surface area contributed by atoms with Crippen LogP contribution in [0.4, 0.5) is 26.3 Å². The van der Waals surface area contributed by atoms with Gasteiger partial charge >= 0.3 is 12.4 Å². The Labute approximate surface area is 205 Å². The molecule has 1 aromatic carbocycles. The Morgan fingerprint density at radius 1 is 1.14 bits per heavy atom. The van der Waals surface area contributed by atoms with Crippen molar-refractivity contribution in [3.05, 3.63) is 88.6 Å². The van der Waals surface area contributed by atoms with Gasteiger partial charge in [-0.05, 0) is 48.3 Å². The molecule has 0 heterocycles. The van der Waals surface area contributed by atoms with Gasteiger partial charge in [0.2, 0.25) is 5.91 Å². The molecule has 0 aromatic heterocycles. The Morgan fingerprint density at radius 2 is 1.83 bits per heavy atom. The molecule has 0 spiro atoms. The van der Waals surface area contributed by atoms with Gasteiger partial charge in [-0.2, -0.15) is 26.3 Å². The van der Waals surface area contributed by atoms with Crippen molar-refractivity contribution in [3.63, 3.8) is 0 Å². The minimum absolute atomic E-state index is 0.0103. The zero-order chi connectivity index (χ0) is 27.1. The molecule has 1 aliphatic rings. The van der Waals surface area contributed by atoms with Crippen molar-refractivity contribution in [3.8, 4) is 0 Å². The van der Waals surface area contributed by atoms with E-state index in [0.29, 0.717) is 0 Å². The average molecular weight is 509 g/mol. The monoisotopic (exact) mass is 509 g/mol. The van der Waals surface area contributed by atoms with Crippen LogP contribution in [0.15, 0.2) is 81.9 Å². The Balaban J connectivity index is 2.44. The number of amidine groups is 1. The summed E-state index contributed by atoms with van der Waals surface area (Å²) in [6.45, 7) is 5.09. The minimum Gasteiger partial charge on any atom is -0.366 e. The van der Waals surface area contributed by atoms with E-state index in [1.807, 2.05) is 0 Å². The number of nitrogens with two attached hydrogens (primary N) is 1. The Morgan fingerprint density at radius 3 is 2.39 bits per heavy atom. The summed E-state index contributed by atoms with van der Waals surface area (Å²) in [5.41, 5.74) is 3.92. The van der Waals surface area contributed by atoms with E-state index < -0.39 is 35.3 Å². The predicted molar refractivity (Wildman–Crippen MR) is 130 cm³/mol. The molecule has 1 aliphatic carbocycles. The quantitative estimate of drug-likeness (QED) is 0.199. The van der Waals surface area contributed by atoms with Crippen LogP contribution in [0, 0.1) is 5.92 Å². The first-order chi connectivity index (χ1) is 16.8. The van der Waals surface area contributed by atoms with Crippen molar-refractivity contribution in [2.45, 2.75) is 32.1 Å². The van der Waals surface area contributed by atoms with E-state index in [9.17, 15) is 31.1 Å². The summed E-state index contributed by atoms with van der Waals surface area (Å²) in [6.07, 6.45) is 0.0504. The molecule has 1 aromatic rings. The number of primary amides is 1. The molecule has 0 saturated carbocycles. The van der Waals surface area contributed by atoms with E-state index in [0.717, 1.165) is 18.2 Å². The maximum atomic E-state index is 13.4. The zero-order valence-corrected chi connectivity index (χ0v) is 19.6. The lowest BCUT2D eigenvalue weighted by molar-refractivity contribution is -0.137. The van der Waals surface area contributed by atoms with Crippen LogP contribution in [0.25, 0.3) is 6.08 Å². The molecule has 192 valence electrons. The maximum Gasteiger partial charge on any atom is 0.416 e. The van der Waals surface area contributed by atoms with E-state index in [2.05, 4.69) is 16.6 Å². The van der Waals surface area contributed by atoms with Crippen LogP contribution in [-0.4, -0.2) is 31.2 Å². The lowest BCUT2D eigenvalue weighted by atomic mass is 9.95. The third kappa shape index (κ3) is 7.93. The van der Waals surface area contributed by atoms with Gasteiger partial charge in [0.1, 0.15) is 0 Å². The third-order valence-electron chi connectivity index (χ3n) is 5.11. The molecule has 1 atom stereocenters. The number of nitrogens with zero attached hydrogens (tertiary/aromatic N) is 2. The fraction of sp³-hybridized carbons (Fsp3) is 0.269. The van der Waals surface area contributed by atoms with Gasteiger partial charge in [0.25, 0.3) is 0 Å². The standard InChI is InChI=1S/C26H25F6N3O/c1-4-17-11-19(14-21(12-17)26(30,31)32)24(34-3)35-15-16(2)10-22(23(33)36)18-8-6-5-7-9-20(13-18)25(27,28)29/h4-6,8,10-16H,1,7,9H2,2-3H3,(H2,33,36)/b6-5-,18-8+,20-13?,22-10+,34-24?,35-15?. The van der Waals surface area contributed by atoms with E-state index >= 15 is 0 Å². The first-order valence-electron chi connectivity index (χ1n) is 10.8. The molecule has 0 aliphatic heterocycles. The predicted octanol–water partition coefficient (Wildman–Crippen LogP) is 6.61. The van der Waals surface area contributed by atoms with Gasteiger partial charge in [0.05, 0.1) is 5.56 Å². The summed E-state index contributed by atoms with van der Waals surface area (Å²) in [4.78, 5) is 20.2. The van der Waals surface area contributed by atoms with Crippen molar-refractivity contribution >= 4 is 24.0 Å². The summed E-state index contributed by atoms with van der Waals surface area (Å²) in [5, 5.41) is 0. The minimum atomic E-state index is -4.59. The summed E-state index contributed by atoms with van der Waals surface area (Å²) < 4.78 is 79.9. The van der Waals surface area contributed by atoms with Gasteiger partial charge in [-0.3, -0.25) is 9.79 Å². The van der Waals surface area contributed by atoms with Crippen LogP contribution >= 0.6 is 0 Å². The van der Waals surface area contributed by atoms with Crippen LogP contribution < -0.4 is 5.73 Å². The summed E-state index contributed by atoms with van der Waals surface area (Å²) in [7, 11) is 1.35. The number of amides is 1. The largest absolute Gasteiger partial charge is 0.416 e. The number of hydrogen-bond acceptors (Lipinski definition) is 2. The highest BCUT2D eigenvalue weighted by Gasteiger charge is 2.33. The third-order valence-corrected chi connectivity index (χ3v) is 5.11. The molecular weight excluding hydrogens is 484 g/mol. The van der Waals surface area contributed by atoms with Crippen LogP contribution in [0.3, 0.4) is 0 Å². The number of alkyl halides is 6. The molecule has 10 heteroatoms. The van der Waals surface area contributed by atoms with Gasteiger partial charge in [-0.15, -0.1) is 0 Å². The van der Waals surface area contributed by atoms with E-state index in [1.165, 1.54) is 37.6 Å². The number of aliphatic imine (C=N–C) groups is 2. The second-order valence-corrected chi connectivity index (χ2v) is 7.93. The fourth-order valence-corrected chi connectivity index (χ4v) is 3.34. The molecule has 0 fully saturated rings. The number of halogens is 6. The molecule has 1 unspecified atom stereocenters. The lowest BCUT2D eigenvalue weighted by Gasteiger charge is -2.15. The van der Waals surface area contributed by atoms with Crippen molar-refractivity contribution in [2.75, 3.05) is 7.05 Å².